The summed E-state index contributed by atoms with van der Waals surface area (Å²) in [6.45, 7) is 4.07. The lowest BCUT2D eigenvalue weighted by Gasteiger charge is -2.06. The number of hydrogen-bond acceptors (Lipinski definition) is 7. The lowest BCUT2D eigenvalue weighted by Crippen LogP contribution is -2.22. The van der Waals surface area contributed by atoms with Gasteiger partial charge in [-0.05, 0) is 29.7 Å². The van der Waals surface area contributed by atoms with Crippen molar-refractivity contribution in [1.29, 1.82) is 0 Å². The molecule has 3 rings (SSSR count). The smallest absolute Gasteiger partial charge is 0.325 e. The van der Waals surface area contributed by atoms with E-state index in [9.17, 15) is 19.7 Å². The fourth-order valence-corrected chi connectivity index (χ4v) is 4.34. The highest BCUT2D eigenvalue weighted by atomic mass is 32.1. The van der Waals surface area contributed by atoms with E-state index in [1.54, 1.807) is 4.57 Å². The number of benzene rings is 1. The van der Waals surface area contributed by atoms with Gasteiger partial charge in [-0.15, -0.1) is 0 Å². The number of rotatable bonds is 5. The van der Waals surface area contributed by atoms with E-state index in [2.05, 4.69) is 18.8 Å². The van der Waals surface area contributed by atoms with Crippen molar-refractivity contribution in [3.8, 4) is 0 Å². The second-order valence-corrected chi connectivity index (χ2v) is 8.31. The summed E-state index contributed by atoms with van der Waals surface area (Å²) in [5.41, 5.74) is 1.90. The number of thiazole rings is 1. The van der Waals surface area contributed by atoms with Crippen molar-refractivity contribution in [3.05, 3.63) is 55.7 Å². The van der Waals surface area contributed by atoms with Gasteiger partial charge in [0.2, 0.25) is 0 Å². The van der Waals surface area contributed by atoms with Gasteiger partial charge in [0, 0.05) is 6.07 Å². The summed E-state index contributed by atoms with van der Waals surface area (Å²) in [5.74, 6) is -0.727. The van der Waals surface area contributed by atoms with Crippen LogP contribution in [0.3, 0.4) is 0 Å². The summed E-state index contributed by atoms with van der Waals surface area (Å²) in [6, 6.07) is 8.53. The molecule has 3 aromatic rings. The van der Waals surface area contributed by atoms with Crippen LogP contribution in [-0.4, -0.2) is 28.5 Å². The number of carbonyl (C=O) groups excluding carboxylic acids is 2. The van der Waals surface area contributed by atoms with Crippen LogP contribution in [0, 0.1) is 10.1 Å². The Hall–Kier alpha value is -2.85. The molecule has 0 saturated carbocycles. The number of fused-ring (bicyclic) bond motifs is 1. The molecule has 0 unspecified atom stereocenters. The number of amides is 1. The fourth-order valence-electron chi connectivity index (χ4n) is 2.56. The largest absolute Gasteiger partial charge is 0.468 e. The molecular formula is C18H17N3O5S2. The van der Waals surface area contributed by atoms with E-state index in [1.165, 1.54) is 30.6 Å². The summed E-state index contributed by atoms with van der Waals surface area (Å²) in [4.78, 5) is 39.3. The molecule has 10 heteroatoms. The summed E-state index contributed by atoms with van der Waals surface area (Å²) >= 11 is 2.05. The predicted octanol–water partition coefficient (Wildman–Crippen LogP) is 3.71. The van der Waals surface area contributed by atoms with Crippen molar-refractivity contribution in [3.63, 3.8) is 0 Å². The first kappa shape index (κ1) is 19.9. The minimum Gasteiger partial charge on any atom is -0.468 e. The van der Waals surface area contributed by atoms with Crippen LogP contribution in [0.5, 0.6) is 0 Å². The maximum absolute atomic E-state index is 12.5. The number of hydrogen-bond donors (Lipinski definition) is 0. The minimum absolute atomic E-state index is 0.0891. The molecule has 0 fully saturated rings. The van der Waals surface area contributed by atoms with Crippen LogP contribution in [0.15, 0.2) is 35.3 Å². The third-order valence-electron chi connectivity index (χ3n) is 4.07. The normalized spacial score (nSPS) is 11.9. The SMILES string of the molecule is COC(=O)Cn1c(=NC(=O)c2ccc([N+](=O)[O-])s2)sc2cc(C(C)C)ccc21. The van der Waals surface area contributed by atoms with Gasteiger partial charge in [0.05, 0.1) is 22.2 Å². The summed E-state index contributed by atoms with van der Waals surface area (Å²) in [7, 11) is 1.29. The molecule has 0 aliphatic rings. The topological polar surface area (TPSA) is 104 Å². The molecule has 1 aromatic carbocycles. The first-order chi connectivity index (χ1) is 13.3. The zero-order valence-corrected chi connectivity index (χ0v) is 17.0. The van der Waals surface area contributed by atoms with Gasteiger partial charge in [0.15, 0.2) is 4.80 Å². The average Bonchev–Trinajstić information content (AvgIpc) is 3.27. The molecule has 0 aliphatic heterocycles. The number of nitrogens with zero attached hydrogens (tertiary/aromatic N) is 3. The first-order valence-electron chi connectivity index (χ1n) is 8.33. The molecule has 2 aromatic heterocycles. The van der Waals surface area contributed by atoms with Crippen molar-refractivity contribution in [2.24, 2.45) is 4.99 Å². The highest BCUT2D eigenvalue weighted by Crippen LogP contribution is 2.26. The predicted molar refractivity (Wildman–Crippen MR) is 107 cm³/mol. The summed E-state index contributed by atoms with van der Waals surface area (Å²) in [5, 5.41) is 10.7. The summed E-state index contributed by atoms with van der Waals surface area (Å²) < 4.78 is 7.26. The van der Waals surface area contributed by atoms with Crippen molar-refractivity contribution < 1.29 is 19.2 Å². The van der Waals surface area contributed by atoms with Crippen molar-refractivity contribution in [2.75, 3.05) is 7.11 Å². The molecule has 0 radical (unpaired) electrons. The van der Waals surface area contributed by atoms with Crippen LogP contribution < -0.4 is 4.80 Å². The maximum Gasteiger partial charge on any atom is 0.325 e. The van der Waals surface area contributed by atoms with E-state index in [4.69, 9.17) is 4.74 Å². The number of nitro groups is 1. The molecular weight excluding hydrogens is 402 g/mol. The Labute approximate surface area is 167 Å². The Morgan fingerprint density at radius 2 is 2.00 bits per heavy atom. The van der Waals surface area contributed by atoms with Crippen LogP contribution in [0.2, 0.25) is 0 Å². The van der Waals surface area contributed by atoms with Crippen molar-refractivity contribution >= 4 is 49.8 Å². The van der Waals surface area contributed by atoms with Gasteiger partial charge >= 0.3 is 11.0 Å². The molecule has 1 amide bonds. The van der Waals surface area contributed by atoms with E-state index in [1.807, 2.05) is 18.2 Å². The Morgan fingerprint density at radius 3 is 2.61 bits per heavy atom. The van der Waals surface area contributed by atoms with E-state index >= 15 is 0 Å². The lowest BCUT2D eigenvalue weighted by molar-refractivity contribution is -0.380. The molecule has 0 N–H and O–H groups in total. The molecule has 2 heterocycles. The number of ether oxygens (including phenoxy) is 1. The third kappa shape index (κ3) is 4.02. The van der Waals surface area contributed by atoms with Gasteiger partial charge in [-0.3, -0.25) is 19.7 Å². The lowest BCUT2D eigenvalue weighted by atomic mass is 10.0. The van der Waals surface area contributed by atoms with Gasteiger partial charge in [0.25, 0.3) is 5.91 Å². The molecule has 28 heavy (non-hydrogen) atoms. The van der Waals surface area contributed by atoms with Gasteiger partial charge in [-0.1, -0.05) is 42.6 Å². The Morgan fingerprint density at radius 1 is 1.25 bits per heavy atom. The van der Waals surface area contributed by atoms with Gasteiger partial charge < -0.3 is 9.30 Å². The number of thiophene rings is 1. The van der Waals surface area contributed by atoms with Crippen molar-refractivity contribution in [1.82, 2.24) is 4.57 Å². The van der Waals surface area contributed by atoms with E-state index < -0.39 is 16.8 Å². The minimum atomic E-state index is -0.590. The van der Waals surface area contributed by atoms with E-state index in [-0.39, 0.29) is 16.4 Å². The van der Waals surface area contributed by atoms with Crippen LogP contribution in [0.4, 0.5) is 5.00 Å². The van der Waals surface area contributed by atoms with Crippen LogP contribution in [-0.2, 0) is 16.1 Å². The van der Waals surface area contributed by atoms with E-state index in [0.29, 0.717) is 10.7 Å². The Kier molecular flexibility index (Phi) is 5.71. The number of methoxy groups -OCH3 is 1. The van der Waals surface area contributed by atoms with Gasteiger partial charge in [-0.25, -0.2) is 0 Å². The molecule has 8 nitrogen and oxygen atoms in total. The zero-order chi connectivity index (χ0) is 20.4. The van der Waals surface area contributed by atoms with Crippen molar-refractivity contribution in [2.45, 2.75) is 26.3 Å². The molecule has 146 valence electrons. The number of carbonyl (C=O) groups is 2. The van der Waals surface area contributed by atoms with Crippen LogP contribution in [0.1, 0.15) is 35.0 Å². The fraction of sp³-hybridized carbons (Fsp3) is 0.278. The third-order valence-corrected chi connectivity index (χ3v) is 6.13. The average molecular weight is 419 g/mol. The highest BCUT2D eigenvalue weighted by molar-refractivity contribution is 7.17. The van der Waals surface area contributed by atoms with E-state index in [0.717, 1.165) is 27.1 Å². The monoisotopic (exact) mass is 419 g/mol. The zero-order valence-electron chi connectivity index (χ0n) is 15.4. The molecule has 0 atom stereocenters. The van der Waals surface area contributed by atoms with Gasteiger partial charge in [0.1, 0.15) is 11.4 Å². The van der Waals surface area contributed by atoms with Crippen LogP contribution in [0.25, 0.3) is 10.2 Å². The van der Waals surface area contributed by atoms with Crippen LogP contribution >= 0.6 is 22.7 Å². The Bertz CT molecular complexity index is 1140. The second kappa shape index (κ2) is 8.03. The number of esters is 1. The standard InChI is InChI=1S/C18H17N3O5S2/c1-10(2)11-4-5-12-14(8-11)28-18(20(12)9-16(22)26-3)19-17(23)13-6-7-15(27-13)21(24)25/h4-8,10H,9H2,1-3H3. The first-order valence-corrected chi connectivity index (χ1v) is 9.97. The van der Waals surface area contributed by atoms with Gasteiger partial charge in [-0.2, -0.15) is 4.99 Å². The molecule has 0 spiro atoms. The Balaban J connectivity index is 2.12. The molecule has 0 bridgehead atoms. The highest BCUT2D eigenvalue weighted by Gasteiger charge is 2.17. The second-order valence-electron chi connectivity index (χ2n) is 6.24. The number of aromatic nitrogens is 1. The molecule has 0 aliphatic carbocycles. The quantitative estimate of drug-likeness (QED) is 0.356. The maximum atomic E-state index is 12.5. The molecule has 0 saturated heterocycles. The summed E-state index contributed by atoms with van der Waals surface area (Å²) in [6.07, 6.45) is 0.